The van der Waals surface area contributed by atoms with E-state index in [4.69, 9.17) is 23.7 Å². The molecule has 0 spiro atoms. The summed E-state index contributed by atoms with van der Waals surface area (Å²) in [5.74, 6) is 1.09. The maximum Gasteiger partial charge on any atom is 0.343 e. The van der Waals surface area contributed by atoms with Crippen LogP contribution in [0, 0.1) is 0 Å². The third-order valence-electron chi connectivity index (χ3n) is 4.40. The van der Waals surface area contributed by atoms with Crippen molar-refractivity contribution in [2.75, 3.05) is 33.3 Å². The Morgan fingerprint density at radius 1 is 0.750 bits per heavy atom. The lowest BCUT2D eigenvalue weighted by molar-refractivity contribution is -0.118. The molecule has 1 amide bonds. The third-order valence-corrected chi connectivity index (χ3v) is 4.40. The first-order chi connectivity index (χ1) is 15.5. The molecule has 8 nitrogen and oxygen atoms in total. The predicted octanol–water partition coefficient (Wildman–Crippen LogP) is 3.95. The minimum Gasteiger partial charge on any atom is -0.497 e. The average Bonchev–Trinajstić information content (AvgIpc) is 2.83. The van der Waals surface area contributed by atoms with Gasteiger partial charge in [-0.05, 0) is 54.6 Å². The molecular weight excluding hydrogens is 414 g/mol. The molecule has 0 saturated carbocycles. The van der Waals surface area contributed by atoms with Crippen LogP contribution in [0.3, 0.4) is 0 Å². The van der Waals surface area contributed by atoms with Crippen molar-refractivity contribution >= 4 is 17.6 Å². The summed E-state index contributed by atoms with van der Waals surface area (Å²) in [4.78, 5) is 24.7. The number of nitrogens with one attached hydrogen (secondary N) is 1. The molecule has 1 N–H and O–H groups in total. The number of anilines is 1. The summed E-state index contributed by atoms with van der Waals surface area (Å²) < 4.78 is 26.6. The molecule has 0 aliphatic heterocycles. The Balaban J connectivity index is 1.63. The molecule has 3 aromatic carbocycles. The van der Waals surface area contributed by atoms with Gasteiger partial charge in [0.1, 0.15) is 5.75 Å². The smallest absolute Gasteiger partial charge is 0.343 e. The highest BCUT2D eigenvalue weighted by Crippen LogP contribution is 2.30. The molecule has 166 valence electrons. The number of benzene rings is 3. The molecule has 0 fully saturated rings. The lowest BCUT2D eigenvalue weighted by Crippen LogP contribution is -2.20. The minimum atomic E-state index is -0.586. The van der Waals surface area contributed by atoms with Crippen LogP contribution in [0.4, 0.5) is 5.69 Å². The van der Waals surface area contributed by atoms with Crippen LogP contribution in [0.5, 0.6) is 28.7 Å². The Kier molecular flexibility index (Phi) is 7.53. The zero-order chi connectivity index (χ0) is 22.9. The van der Waals surface area contributed by atoms with Gasteiger partial charge in [-0.3, -0.25) is 4.79 Å². The van der Waals surface area contributed by atoms with Gasteiger partial charge < -0.3 is 29.0 Å². The monoisotopic (exact) mass is 437 g/mol. The fourth-order valence-corrected chi connectivity index (χ4v) is 2.79. The largest absolute Gasteiger partial charge is 0.497 e. The van der Waals surface area contributed by atoms with Crippen molar-refractivity contribution in [2.45, 2.75) is 0 Å². The summed E-state index contributed by atoms with van der Waals surface area (Å²) in [5, 5.41) is 2.72. The van der Waals surface area contributed by atoms with Gasteiger partial charge in [-0.25, -0.2) is 4.79 Å². The predicted molar refractivity (Wildman–Crippen MR) is 118 cm³/mol. The Hall–Kier alpha value is -4.20. The molecule has 8 heteroatoms. The van der Waals surface area contributed by atoms with Crippen LogP contribution in [-0.4, -0.2) is 39.8 Å². The number of hydrogen-bond donors (Lipinski definition) is 1. The van der Waals surface area contributed by atoms with Crippen LogP contribution in [0.25, 0.3) is 0 Å². The van der Waals surface area contributed by atoms with Crippen molar-refractivity contribution in [1.82, 2.24) is 0 Å². The first kappa shape index (κ1) is 22.5. The molecule has 32 heavy (non-hydrogen) atoms. The molecule has 3 aromatic rings. The fraction of sp³-hybridized carbons (Fsp3) is 0.167. The lowest BCUT2D eigenvalue weighted by Gasteiger charge is -2.13. The van der Waals surface area contributed by atoms with Crippen LogP contribution in [0.1, 0.15) is 10.4 Å². The maximum atomic E-state index is 12.5. The normalized spacial score (nSPS) is 10.1. The van der Waals surface area contributed by atoms with Gasteiger partial charge in [0.05, 0.1) is 26.9 Å². The average molecular weight is 437 g/mol. The van der Waals surface area contributed by atoms with Gasteiger partial charge >= 0.3 is 5.97 Å². The van der Waals surface area contributed by atoms with Crippen LogP contribution < -0.4 is 29.0 Å². The van der Waals surface area contributed by atoms with Crippen LogP contribution in [-0.2, 0) is 4.79 Å². The summed E-state index contributed by atoms with van der Waals surface area (Å²) in [6, 6.07) is 18.3. The van der Waals surface area contributed by atoms with Crippen LogP contribution in [0.15, 0.2) is 66.7 Å². The number of para-hydroxylation sites is 2. The van der Waals surface area contributed by atoms with E-state index in [0.717, 1.165) is 0 Å². The second kappa shape index (κ2) is 10.7. The fourth-order valence-electron chi connectivity index (χ4n) is 2.79. The number of amides is 1. The highest BCUT2D eigenvalue weighted by molar-refractivity contribution is 5.93. The van der Waals surface area contributed by atoms with E-state index in [1.54, 1.807) is 55.6 Å². The third kappa shape index (κ3) is 5.69. The van der Waals surface area contributed by atoms with E-state index in [9.17, 15) is 9.59 Å². The van der Waals surface area contributed by atoms with Gasteiger partial charge in [0.2, 0.25) is 0 Å². The van der Waals surface area contributed by atoms with Gasteiger partial charge in [0, 0.05) is 5.69 Å². The van der Waals surface area contributed by atoms with Crippen molar-refractivity contribution < 1.29 is 33.3 Å². The van der Waals surface area contributed by atoms with Crippen molar-refractivity contribution in [3.63, 3.8) is 0 Å². The molecule has 3 rings (SSSR count). The minimum absolute atomic E-state index is 0.243. The quantitative estimate of drug-likeness (QED) is 0.400. The van der Waals surface area contributed by atoms with E-state index in [2.05, 4.69) is 5.32 Å². The molecule has 0 aliphatic carbocycles. The molecule has 0 bridgehead atoms. The molecule has 0 atom stereocenters. The standard InChI is InChI=1S/C24H23NO7/c1-28-18-11-9-17(10-12-18)25-23(26)15-31-20-13-8-16(14-22(20)30-3)24(27)32-21-7-5-4-6-19(21)29-2/h4-14H,15H2,1-3H3,(H,25,26). The molecular formula is C24H23NO7. The SMILES string of the molecule is COc1ccc(NC(=O)COc2ccc(C(=O)Oc3ccccc3OC)cc2OC)cc1. The number of ether oxygens (including phenoxy) is 5. The first-order valence-corrected chi connectivity index (χ1v) is 9.64. The van der Waals surface area contributed by atoms with E-state index in [-0.39, 0.29) is 23.8 Å². The summed E-state index contributed by atoms with van der Waals surface area (Å²) in [7, 11) is 4.50. The van der Waals surface area contributed by atoms with Crippen LogP contribution >= 0.6 is 0 Å². The Morgan fingerprint density at radius 3 is 2.09 bits per heavy atom. The Morgan fingerprint density at radius 2 is 1.44 bits per heavy atom. The van der Waals surface area contributed by atoms with Gasteiger partial charge in [-0.15, -0.1) is 0 Å². The molecule has 0 radical (unpaired) electrons. The molecule has 0 saturated heterocycles. The highest BCUT2D eigenvalue weighted by atomic mass is 16.6. The molecule has 0 aromatic heterocycles. The number of rotatable bonds is 9. The summed E-state index contributed by atoms with van der Waals surface area (Å²) in [6.07, 6.45) is 0. The van der Waals surface area contributed by atoms with E-state index >= 15 is 0 Å². The molecule has 0 aliphatic rings. The van der Waals surface area contributed by atoms with E-state index in [0.29, 0.717) is 28.7 Å². The van der Waals surface area contributed by atoms with Crippen molar-refractivity contribution in [3.05, 3.63) is 72.3 Å². The zero-order valence-electron chi connectivity index (χ0n) is 17.9. The summed E-state index contributed by atoms with van der Waals surface area (Å²) >= 11 is 0. The summed E-state index contributed by atoms with van der Waals surface area (Å²) in [5.41, 5.74) is 0.864. The topological polar surface area (TPSA) is 92.3 Å². The van der Waals surface area contributed by atoms with Gasteiger partial charge in [0.25, 0.3) is 5.91 Å². The number of hydrogen-bond acceptors (Lipinski definition) is 7. The Bertz CT molecular complexity index is 1080. The van der Waals surface area contributed by atoms with Crippen molar-refractivity contribution in [2.24, 2.45) is 0 Å². The van der Waals surface area contributed by atoms with Gasteiger partial charge in [-0.2, -0.15) is 0 Å². The zero-order valence-corrected chi connectivity index (χ0v) is 17.9. The number of esters is 1. The highest BCUT2D eigenvalue weighted by Gasteiger charge is 2.16. The summed E-state index contributed by atoms with van der Waals surface area (Å²) in [6.45, 7) is -0.243. The number of methoxy groups -OCH3 is 3. The van der Waals surface area contributed by atoms with Gasteiger partial charge in [-0.1, -0.05) is 12.1 Å². The number of carbonyl (C=O) groups is 2. The molecule has 0 heterocycles. The van der Waals surface area contributed by atoms with E-state index < -0.39 is 5.97 Å². The second-order valence-corrected chi connectivity index (χ2v) is 6.47. The van der Waals surface area contributed by atoms with Crippen molar-refractivity contribution in [1.29, 1.82) is 0 Å². The Labute approximate surface area is 185 Å². The van der Waals surface area contributed by atoms with Gasteiger partial charge in [0.15, 0.2) is 29.6 Å². The maximum absolute atomic E-state index is 12.5. The van der Waals surface area contributed by atoms with E-state index in [1.807, 2.05) is 0 Å². The first-order valence-electron chi connectivity index (χ1n) is 9.64. The number of carbonyl (C=O) groups excluding carboxylic acids is 2. The van der Waals surface area contributed by atoms with Crippen LogP contribution in [0.2, 0.25) is 0 Å². The lowest BCUT2D eigenvalue weighted by atomic mass is 10.2. The second-order valence-electron chi connectivity index (χ2n) is 6.47. The van der Waals surface area contributed by atoms with Crippen molar-refractivity contribution in [3.8, 4) is 28.7 Å². The molecule has 0 unspecified atom stereocenters. The van der Waals surface area contributed by atoms with E-state index in [1.165, 1.54) is 32.4 Å².